The summed E-state index contributed by atoms with van der Waals surface area (Å²) in [6.07, 6.45) is 4.85. The maximum atomic E-state index is 4.21. The topological polar surface area (TPSA) is 24.9 Å². The van der Waals surface area contributed by atoms with E-state index in [4.69, 9.17) is 0 Å². The summed E-state index contributed by atoms with van der Waals surface area (Å²) in [4.78, 5) is 4.21. The van der Waals surface area contributed by atoms with Crippen LogP contribution in [0.2, 0.25) is 0 Å². The van der Waals surface area contributed by atoms with Gasteiger partial charge in [0, 0.05) is 18.0 Å². The molecule has 1 saturated carbocycles. The third-order valence-electron chi connectivity index (χ3n) is 2.09. The third kappa shape index (κ3) is 2.94. The highest BCUT2D eigenvalue weighted by atomic mass is 32.1. The van der Waals surface area contributed by atoms with Gasteiger partial charge in [-0.05, 0) is 25.8 Å². The summed E-state index contributed by atoms with van der Waals surface area (Å²) in [7, 11) is 0. The van der Waals surface area contributed by atoms with Crippen LogP contribution in [0.5, 0.6) is 0 Å². The first-order chi connectivity index (χ1) is 6.34. The summed E-state index contributed by atoms with van der Waals surface area (Å²) in [5, 5.41) is 5.55. The van der Waals surface area contributed by atoms with E-state index in [0.29, 0.717) is 0 Å². The minimum Gasteiger partial charge on any atom is -0.310 e. The molecule has 70 valence electrons. The van der Waals surface area contributed by atoms with E-state index >= 15 is 0 Å². The van der Waals surface area contributed by atoms with Crippen molar-refractivity contribution in [2.24, 2.45) is 0 Å². The van der Waals surface area contributed by atoms with Crippen molar-refractivity contribution in [1.82, 2.24) is 10.3 Å². The smallest absolute Gasteiger partial charge is 0.0798 e. The molecule has 1 N–H and O–H groups in total. The van der Waals surface area contributed by atoms with Crippen molar-refractivity contribution in [2.45, 2.75) is 25.8 Å². The van der Waals surface area contributed by atoms with Crippen molar-refractivity contribution in [3.8, 4) is 0 Å². The van der Waals surface area contributed by atoms with Gasteiger partial charge in [0.2, 0.25) is 0 Å². The number of rotatable bonds is 4. The highest BCUT2D eigenvalue weighted by Gasteiger charge is 2.19. The number of nitrogens with one attached hydrogen (secondary N) is 1. The van der Waals surface area contributed by atoms with Gasteiger partial charge < -0.3 is 5.32 Å². The van der Waals surface area contributed by atoms with Crippen LogP contribution in [0.3, 0.4) is 0 Å². The monoisotopic (exact) mass is 194 g/mol. The molecule has 2 nitrogen and oxygen atoms in total. The zero-order chi connectivity index (χ0) is 9.10. The van der Waals surface area contributed by atoms with Gasteiger partial charge in [-0.3, -0.25) is 0 Å². The van der Waals surface area contributed by atoms with Gasteiger partial charge in [-0.25, -0.2) is 4.98 Å². The van der Waals surface area contributed by atoms with Crippen LogP contribution >= 0.6 is 11.3 Å². The lowest BCUT2D eigenvalue weighted by atomic mass is 10.2. The predicted octanol–water partition coefficient (Wildman–Crippen LogP) is 2.30. The summed E-state index contributed by atoms with van der Waals surface area (Å²) < 4.78 is 0. The van der Waals surface area contributed by atoms with E-state index in [2.05, 4.69) is 28.7 Å². The second kappa shape index (κ2) is 4.03. The van der Waals surface area contributed by atoms with Crippen LogP contribution in [0.25, 0.3) is 6.08 Å². The molecule has 0 atom stereocenters. The van der Waals surface area contributed by atoms with Crippen LogP contribution < -0.4 is 5.32 Å². The second-order valence-corrected chi connectivity index (χ2v) is 4.28. The zero-order valence-corrected chi connectivity index (χ0v) is 8.60. The van der Waals surface area contributed by atoms with Gasteiger partial charge in [-0.1, -0.05) is 5.57 Å². The van der Waals surface area contributed by atoms with Crippen LogP contribution in [0.15, 0.2) is 16.5 Å². The quantitative estimate of drug-likeness (QED) is 0.795. The van der Waals surface area contributed by atoms with Gasteiger partial charge in [0.05, 0.1) is 11.2 Å². The first-order valence-electron chi connectivity index (χ1n) is 4.63. The Kier molecular flexibility index (Phi) is 2.76. The largest absolute Gasteiger partial charge is 0.310 e. The van der Waals surface area contributed by atoms with Crippen LogP contribution in [-0.4, -0.2) is 17.6 Å². The van der Waals surface area contributed by atoms with Gasteiger partial charge in [0.15, 0.2) is 0 Å². The fourth-order valence-corrected chi connectivity index (χ4v) is 1.70. The van der Waals surface area contributed by atoms with Crippen LogP contribution in [0.1, 0.15) is 25.5 Å². The second-order valence-electron chi connectivity index (χ2n) is 3.56. The van der Waals surface area contributed by atoms with Gasteiger partial charge in [0.1, 0.15) is 0 Å². The van der Waals surface area contributed by atoms with Crippen molar-refractivity contribution < 1.29 is 0 Å². The number of hydrogen-bond donors (Lipinski definition) is 1. The Morgan fingerprint density at radius 3 is 3.23 bits per heavy atom. The van der Waals surface area contributed by atoms with E-state index in [-0.39, 0.29) is 0 Å². The maximum Gasteiger partial charge on any atom is 0.0798 e. The Bertz CT molecular complexity index is 286. The highest BCUT2D eigenvalue weighted by Crippen LogP contribution is 2.18. The molecule has 1 heterocycles. The molecule has 1 aliphatic rings. The van der Waals surface area contributed by atoms with E-state index in [1.54, 1.807) is 11.3 Å². The fraction of sp³-hybridized carbons (Fsp3) is 0.500. The molecule has 3 heteroatoms. The molecule has 0 unspecified atom stereocenters. The van der Waals surface area contributed by atoms with Crippen molar-refractivity contribution >= 4 is 17.4 Å². The van der Waals surface area contributed by atoms with Gasteiger partial charge in [-0.2, -0.15) is 0 Å². The summed E-state index contributed by atoms with van der Waals surface area (Å²) >= 11 is 1.64. The molecule has 0 amide bonds. The number of nitrogens with zero attached hydrogens (tertiary/aromatic N) is 1. The van der Waals surface area contributed by atoms with Crippen LogP contribution in [0.4, 0.5) is 0 Å². The average molecular weight is 194 g/mol. The number of hydrogen-bond acceptors (Lipinski definition) is 3. The minimum absolute atomic E-state index is 0.791. The molecular weight excluding hydrogens is 180 g/mol. The lowest BCUT2D eigenvalue weighted by Gasteiger charge is -2.01. The van der Waals surface area contributed by atoms with E-state index in [0.717, 1.165) is 18.3 Å². The predicted molar refractivity (Wildman–Crippen MR) is 56.8 cm³/mol. The Hall–Kier alpha value is -0.670. The van der Waals surface area contributed by atoms with Crippen molar-refractivity contribution in [1.29, 1.82) is 0 Å². The minimum atomic E-state index is 0.791. The van der Waals surface area contributed by atoms with Crippen molar-refractivity contribution in [2.75, 3.05) is 6.54 Å². The van der Waals surface area contributed by atoms with Gasteiger partial charge in [-0.15, -0.1) is 11.3 Å². The molecule has 0 saturated heterocycles. The van der Waals surface area contributed by atoms with Crippen molar-refractivity contribution in [3.05, 3.63) is 22.2 Å². The number of thiazole rings is 1. The molecule has 0 bridgehead atoms. The molecule has 1 fully saturated rings. The molecule has 0 aliphatic heterocycles. The standard InChI is InChI=1S/C10H14N2S/c1-8(5-11-9-2-3-9)4-10-6-13-7-12-10/h4,6-7,9,11H,2-3,5H2,1H3. The Morgan fingerprint density at radius 1 is 1.77 bits per heavy atom. The SMILES string of the molecule is CC(=Cc1cscn1)CNC1CC1. The average Bonchev–Trinajstić information content (AvgIpc) is 2.82. The summed E-state index contributed by atoms with van der Waals surface area (Å²) in [6, 6.07) is 0.791. The molecule has 2 rings (SSSR count). The van der Waals surface area contributed by atoms with E-state index in [1.165, 1.54) is 18.4 Å². The summed E-state index contributed by atoms with van der Waals surface area (Å²) in [5.41, 5.74) is 4.31. The molecular formula is C10H14N2S. The van der Waals surface area contributed by atoms with Gasteiger partial charge >= 0.3 is 0 Å². The maximum absolute atomic E-state index is 4.21. The summed E-state index contributed by atoms with van der Waals surface area (Å²) in [5.74, 6) is 0. The van der Waals surface area contributed by atoms with Crippen molar-refractivity contribution in [3.63, 3.8) is 0 Å². The van der Waals surface area contributed by atoms with E-state index in [1.807, 2.05) is 5.51 Å². The normalized spacial score (nSPS) is 17.8. The molecule has 1 aliphatic carbocycles. The fourth-order valence-electron chi connectivity index (χ4n) is 1.19. The first kappa shape index (κ1) is 8.91. The Labute approximate surface area is 82.7 Å². The molecule has 0 spiro atoms. The Balaban J connectivity index is 1.84. The van der Waals surface area contributed by atoms with Crippen LogP contribution in [-0.2, 0) is 0 Å². The third-order valence-corrected chi connectivity index (χ3v) is 2.70. The molecule has 13 heavy (non-hydrogen) atoms. The molecule has 0 radical (unpaired) electrons. The molecule has 1 aromatic rings. The molecule has 0 aromatic carbocycles. The lowest BCUT2D eigenvalue weighted by molar-refractivity contribution is 0.735. The Morgan fingerprint density at radius 2 is 2.62 bits per heavy atom. The highest BCUT2D eigenvalue weighted by molar-refractivity contribution is 7.07. The number of aromatic nitrogens is 1. The van der Waals surface area contributed by atoms with E-state index in [9.17, 15) is 0 Å². The summed E-state index contributed by atoms with van der Waals surface area (Å²) in [6.45, 7) is 3.15. The first-order valence-corrected chi connectivity index (χ1v) is 5.57. The zero-order valence-electron chi connectivity index (χ0n) is 7.79. The molecule has 1 aromatic heterocycles. The van der Waals surface area contributed by atoms with E-state index < -0.39 is 0 Å². The van der Waals surface area contributed by atoms with Gasteiger partial charge in [0.25, 0.3) is 0 Å². The lowest BCUT2D eigenvalue weighted by Crippen LogP contribution is -2.18. The van der Waals surface area contributed by atoms with Crippen LogP contribution in [0, 0.1) is 0 Å².